The van der Waals surface area contributed by atoms with Crippen molar-refractivity contribution < 1.29 is 4.79 Å². The van der Waals surface area contributed by atoms with Gasteiger partial charge < -0.3 is 4.90 Å². The van der Waals surface area contributed by atoms with Gasteiger partial charge in [-0.15, -0.1) is 9.24 Å². The van der Waals surface area contributed by atoms with Gasteiger partial charge in [-0.1, -0.05) is 27.7 Å². The van der Waals surface area contributed by atoms with Crippen LogP contribution in [-0.4, -0.2) is 30.1 Å². The lowest BCUT2D eigenvalue weighted by Gasteiger charge is -2.22. The Hall–Kier alpha value is -0.100. The molecule has 0 aromatic carbocycles. The molecule has 1 aliphatic rings. The Labute approximate surface area is 103 Å². The molecular weight excluding hydrogens is 217 g/mol. The Kier molecular flexibility index (Phi) is 8.01. The van der Waals surface area contributed by atoms with E-state index < -0.39 is 0 Å². The van der Waals surface area contributed by atoms with Gasteiger partial charge in [0.25, 0.3) is 0 Å². The first-order valence-corrected chi connectivity index (χ1v) is 7.23. The minimum absolute atomic E-state index is 0.272. The van der Waals surface area contributed by atoms with E-state index in [1.54, 1.807) is 0 Å². The zero-order valence-corrected chi connectivity index (χ0v) is 12.6. The van der Waals surface area contributed by atoms with Gasteiger partial charge in [-0.2, -0.15) is 0 Å². The second kappa shape index (κ2) is 8.06. The summed E-state index contributed by atoms with van der Waals surface area (Å²) in [5, 5.41) is 0. The Balaban J connectivity index is 0.00000106. The first-order chi connectivity index (χ1) is 7.56. The van der Waals surface area contributed by atoms with Gasteiger partial charge in [-0.25, -0.2) is 0 Å². The van der Waals surface area contributed by atoms with Crippen molar-refractivity contribution in [1.82, 2.24) is 4.90 Å². The zero-order valence-electron chi connectivity index (χ0n) is 11.5. The van der Waals surface area contributed by atoms with Crippen LogP contribution in [0.2, 0.25) is 0 Å². The van der Waals surface area contributed by atoms with Crippen molar-refractivity contribution in [2.75, 3.05) is 13.6 Å². The van der Waals surface area contributed by atoms with Crippen molar-refractivity contribution >= 4 is 15.1 Å². The minimum Gasteiger partial charge on any atom is -0.346 e. The van der Waals surface area contributed by atoms with Crippen LogP contribution in [0.1, 0.15) is 47.0 Å². The third-order valence-corrected chi connectivity index (χ3v) is 3.71. The van der Waals surface area contributed by atoms with Crippen molar-refractivity contribution in [3.63, 3.8) is 0 Å². The average Bonchev–Trinajstić information content (AvgIpc) is 2.60. The lowest BCUT2D eigenvalue weighted by molar-refractivity contribution is -0.135. The molecule has 1 saturated carbocycles. The van der Waals surface area contributed by atoms with Crippen molar-refractivity contribution in [3.8, 4) is 0 Å². The van der Waals surface area contributed by atoms with Gasteiger partial charge in [0.1, 0.15) is 0 Å². The second-order valence-corrected chi connectivity index (χ2v) is 5.52. The fourth-order valence-corrected chi connectivity index (χ4v) is 3.09. The maximum Gasteiger partial charge on any atom is 0.225 e. The Morgan fingerprint density at radius 3 is 2.31 bits per heavy atom. The number of carbonyl (C=O) groups excluding carboxylic acids is 1. The van der Waals surface area contributed by atoms with E-state index in [4.69, 9.17) is 0 Å². The van der Waals surface area contributed by atoms with E-state index in [1.165, 1.54) is 6.42 Å². The molecule has 0 N–H and O–H groups in total. The molecule has 1 rings (SSSR count). The largest absolute Gasteiger partial charge is 0.346 e. The Morgan fingerprint density at radius 1 is 1.38 bits per heavy atom. The average molecular weight is 245 g/mol. The van der Waals surface area contributed by atoms with Gasteiger partial charge in [0.2, 0.25) is 5.91 Å². The van der Waals surface area contributed by atoms with Crippen LogP contribution in [0.3, 0.4) is 0 Å². The summed E-state index contributed by atoms with van der Waals surface area (Å²) < 4.78 is 0. The Bertz CT molecular complexity index is 208. The van der Waals surface area contributed by atoms with Crippen molar-refractivity contribution in [3.05, 3.63) is 0 Å². The molecule has 0 heterocycles. The number of hydrogen-bond donors (Lipinski definition) is 0. The van der Waals surface area contributed by atoms with Gasteiger partial charge >= 0.3 is 0 Å². The predicted octanol–water partition coefficient (Wildman–Crippen LogP) is 3.17. The lowest BCUT2D eigenvalue weighted by atomic mass is 9.97. The molecule has 0 saturated heterocycles. The van der Waals surface area contributed by atoms with Crippen LogP contribution < -0.4 is 0 Å². The minimum atomic E-state index is 0.272. The maximum absolute atomic E-state index is 12.0. The molecule has 0 spiro atoms. The number of carbonyl (C=O) groups is 1. The highest BCUT2D eigenvalue weighted by molar-refractivity contribution is 7.17. The third-order valence-electron chi connectivity index (χ3n) is 3.17. The molecule has 4 atom stereocenters. The first-order valence-electron chi connectivity index (χ1n) is 6.56. The predicted molar refractivity (Wildman–Crippen MR) is 74.7 cm³/mol. The van der Waals surface area contributed by atoms with E-state index in [1.807, 2.05) is 25.8 Å². The molecule has 0 aromatic heterocycles. The summed E-state index contributed by atoms with van der Waals surface area (Å²) in [5.41, 5.74) is 0.647. The summed E-state index contributed by atoms with van der Waals surface area (Å²) in [6.07, 6.45) is 3.29. The summed E-state index contributed by atoms with van der Waals surface area (Å²) in [6, 6.07) is 0. The van der Waals surface area contributed by atoms with Gasteiger partial charge in [0.05, 0.1) is 0 Å². The highest BCUT2D eigenvalue weighted by Crippen LogP contribution is 2.36. The monoisotopic (exact) mass is 245 g/mol. The fourth-order valence-electron chi connectivity index (χ4n) is 2.37. The molecule has 4 unspecified atom stereocenters. The van der Waals surface area contributed by atoms with Crippen LogP contribution in [0, 0.1) is 11.8 Å². The molecule has 1 amide bonds. The van der Waals surface area contributed by atoms with E-state index in [0.717, 1.165) is 19.4 Å². The zero-order chi connectivity index (χ0) is 12.7. The van der Waals surface area contributed by atoms with Gasteiger partial charge in [0.15, 0.2) is 0 Å². The molecule has 16 heavy (non-hydrogen) atoms. The second-order valence-electron chi connectivity index (χ2n) is 4.58. The van der Waals surface area contributed by atoms with Crippen LogP contribution in [0.5, 0.6) is 0 Å². The smallest absolute Gasteiger partial charge is 0.225 e. The fraction of sp³-hybridized carbons (Fsp3) is 0.923. The summed E-state index contributed by atoms with van der Waals surface area (Å²) in [4.78, 5) is 13.9. The molecule has 0 aliphatic heterocycles. The molecule has 2 nitrogen and oxygen atoms in total. The summed E-state index contributed by atoms with van der Waals surface area (Å²) >= 11 is 0. The van der Waals surface area contributed by atoms with Crippen LogP contribution in [-0.2, 0) is 4.79 Å². The van der Waals surface area contributed by atoms with Crippen LogP contribution in [0.15, 0.2) is 0 Å². The van der Waals surface area contributed by atoms with E-state index in [-0.39, 0.29) is 5.92 Å². The lowest BCUT2D eigenvalue weighted by Crippen LogP contribution is -2.34. The van der Waals surface area contributed by atoms with Gasteiger partial charge in [-0.05, 0) is 30.8 Å². The summed E-state index contributed by atoms with van der Waals surface area (Å²) in [7, 11) is 4.78. The molecule has 0 aromatic rings. The van der Waals surface area contributed by atoms with E-state index in [0.29, 0.717) is 17.5 Å². The van der Waals surface area contributed by atoms with E-state index in [2.05, 4.69) is 23.1 Å². The molecule has 0 radical (unpaired) electrons. The number of rotatable bonds is 3. The molecule has 1 fully saturated rings. The quantitative estimate of drug-likeness (QED) is 0.699. The van der Waals surface area contributed by atoms with Crippen LogP contribution in [0.4, 0.5) is 0 Å². The SMILES string of the molecule is CC.CCCN(C)C(=O)C1CC(P)CC1C. The van der Waals surface area contributed by atoms with Crippen molar-refractivity contribution in [2.45, 2.75) is 52.6 Å². The molecule has 96 valence electrons. The summed E-state index contributed by atoms with van der Waals surface area (Å²) in [5.74, 6) is 1.18. The molecule has 0 bridgehead atoms. The van der Waals surface area contributed by atoms with E-state index >= 15 is 0 Å². The van der Waals surface area contributed by atoms with Gasteiger partial charge in [-0.3, -0.25) is 4.79 Å². The number of nitrogens with zero attached hydrogens (tertiary/aromatic N) is 1. The molecule has 3 heteroatoms. The van der Waals surface area contributed by atoms with Crippen LogP contribution in [0.25, 0.3) is 0 Å². The maximum atomic E-state index is 12.0. The molecular formula is C13H28NOP. The first kappa shape index (κ1) is 15.9. The standard InChI is InChI=1S/C11H22NOP.C2H6/c1-4-5-12(3)11(13)10-7-9(14)6-8(10)2;1-2/h8-10H,4-7,14H2,1-3H3;1-2H3. The normalized spacial score (nSPS) is 28.2. The Morgan fingerprint density at radius 2 is 1.94 bits per heavy atom. The van der Waals surface area contributed by atoms with Gasteiger partial charge in [0, 0.05) is 19.5 Å². The number of amides is 1. The highest BCUT2D eigenvalue weighted by Gasteiger charge is 2.35. The van der Waals surface area contributed by atoms with Crippen molar-refractivity contribution in [1.29, 1.82) is 0 Å². The summed E-state index contributed by atoms with van der Waals surface area (Å²) in [6.45, 7) is 9.20. The highest BCUT2D eigenvalue weighted by atomic mass is 31.0. The molecule has 1 aliphatic carbocycles. The third kappa shape index (κ3) is 4.41. The number of hydrogen-bond acceptors (Lipinski definition) is 1. The van der Waals surface area contributed by atoms with Crippen molar-refractivity contribution in [2.24, 2.45) is 11.8 Å². The topological polar surface area (TPSA) is 20.3 Å². The van der Waals surface area contributed by atoms with Crippen LogP contribution >= 0.6 is 9.24 Å². The van der Waals surface area contributed by atoms with E-state index in [9.17, 15) is 4.79 Å².